The van der Waals surface area contributed by atoms with Crippen LogP contribution in [0, 0.1) is 0 Å². The van der Waals surface area contributed by atoms with E-state index in [9.17, 15) is 0 Å². The van der Waals surface area contributed by atoms with Crippen LogP contribution in [0.3, 0.4) is 0 Å². The van der Waals surface area contributed by atoms with Gasteiger partial charge in [0.1, 0.15) is 19.0 Å². The quantitative estimate of drug-likeness (QED) is 0.860. The van der Waals surface area contributed by atoms with Crippen LogP contribution in [0.25, 0.3) is 0 Å². The van der Waals surface area contributed by atoms with E-state index in [4.69, 9.17) is 28.4 Å². The van der Waals surface area contributed by atoms with Gasteiger partial charge < -0.3 is 33.7 Å². The Hall–Kier alpha value is -2.96. The minimum absolute atomic E-state index is 0.517. The van der Waals surface area contributed by atoms with Crippen molar-refractivity contribution in [2.75, 3.05) is 47.0 Å². The van der Waals surface area contributed by atoms with Crippen molar-refractivity contribution >= 4 is 11.4 Å². The lowest BCUT2D eigenvalue weighted by atomic mass is 10.2. The number of benzene rings is 2. The van der Waals surface area contributed by atoms with Gasteiger partial charge in [0.05, 0.1) is 34.1 Å². The predicted molar refractivity (Wildman–Crippen MR) is 93.4 cm³/mol. The summed E-state index contributed by atoms with van der Waals surface area (Å²) in [7, 11) is 6.32. The molecule has 1 aliphatic rings. The fraction of sp³-hybridized carbons (Fsp3) is 0.333. The Morgan fingerprint density at radius 3 is 1.80 bits per heavy atom. The summed E-state index contributed by atoms with van der Waals surface area (Å²) in [5, 5.41) is 3.30. The third-order valence-electron chi connectivity index (χ3n) is 3.81. The molecule has 0 atom stereocenters. The molecule has 0 aliphatic carbocycles. The van der Waals surface area contributed by atoms with Crippen LogP contribution < -0.4 is 33.7 Å². The van der Waals surface area contributed by atoms with Gasteiger partial charge in [-0.3, -0.25) is 0 Å². The van der Waals surface area contributed by atoms with Crippen molar-refractivity contribution in [2.45, 2.75) is 0 Å². The largest absolute Gasteiger partial charge is 0.494 e. The number of methoxy groups -OCH3 is 4. The van der Waals surface area contributed by atoms with Gasteiger partial charge in [-0.25, -0.2) is 0 Å². The van der Waals surface area contributed by atoms with E-state index in [0.717, 1.165) is 11.4 Å². The second-order valence-electron chi connectivity index (χ2n) is 5.24. The summed E-state index contributed by atoms with van der Waals surface area (Å²) in [5.74, 6) is 3.62. The van der Waals surface area contributed by atoms with Crippen molar-refractivity contribution < 1.29 is 28.4 Å². The number of fused-ring (bicyclic) bond motifs is 1. The van der Waals surface area contributed by atoms with E-state index in [-0.39, 0.29) is 0 Å². The lowest BCUT2D eigenvalue weighted by Gasteiger charge is -2.21. The number of rotatable bonds is 6. The SMILES string of the molecule is COc1cc2c(cc1Nc1cc(OC)c(OC)c(OC)c1)OCCO2. The maximum absolute atomic E-state index is 5.64. The summed E-state index contributed by atoms with van der Waals surface area (Å²) in [6.07, 6.45) is 0. The van der Waals surface area contributed by atoms with Gasteiger partial charge in [0.25, 0.3) is 0 Å². The molecule has 0 spiro atoms. The molecule has 2 aromatic rings. The Morgan fingerprint density at radius 2 is 1.28 bits per heavy atom. The van der Waals surface area contributed by atoms with Gasteiger partial charge >= 0.3 is 0 Å². The summed E-state index contributed by atoms with van der Waals surface area (Å²) in [4.78, 5) is 0. The van der Waals surface area contributed by atoms with Crippen molar-refractivity contribution in [3.63, 3.8) is 0 Å². The van der Waals surface area contributed by atoms with E-state index in [0.29, 0.717) is 47.7 Å². The first kappa shape index (κ1) is 16.9. The Morgan fingerprint density at radius 1 is 0.720 bits per heavy atom. The second kappa shape index (κ2) is 7.29. The third-order valence-corrected chi connectivity index (χ3v) is 3.81. The zero-order valence-corrected chi connectivity index (χ0v) is 14.7. The third kappa shape index (κ3) is 3.31. The van der Waals surface area contributed by atoms with Crippen molar-refractivity contribution in [3.05, 3.63) is 24.3 Å². The van der Waals surface area contributed by atoms with Crippen LogP contribution in [0.1, 0.15) is 0 Å². The van der Waals surface area contributed by atoms with E-state index in [1.165, 1.54) is 0 Å². The Bertz CT molecular complexity index is 736. The van der Waals surface area contributed by atoms with Crippen molar-refractivity contribution in [1.82, 2.24) is 0 Å². The molecule has 0 amide bonds. The molecule has 0 fully saturated rings. The standard InChI is InChI=1S/C18H21NO6/c1-20-13-10-15-14(24-5-6-25-15)9-12(13)19-11-7-16(21-2)18(23-4)17(8-11)22-3/h7-10,19H,5-6H2,1-4H3. The summed E-state index contributed by atoms with van der Waals surface area (Å²) in [6, 6.07) is 7.28. The van der Waals surface area contributed by atoms with Gasteiger partial charge in [0.2, 0.25) is 5.75 Å². The number of hydrogen-bond donors (Lipinski definition) is 1. The molecule has 25 heavy (non-hydrogen) atoms. The minimum atomic E-state index is 0.517. The molecule has 0 aromatic heterocycles. The topological polar surface area (TPSA) is 67.4 Å². The van der Waals surface area contributed by atoms with Crippen molar-refractivity contribution in [3.8, 4) is 34.5 Å². The van der Waals surface area contributed by atoms with Gasteiger partial charge in [0, 0.05) is 30.0 Å². The molecule has 134 valence electrons. The first-order chi connectivity index (χ1) is 12.2. The number of ether oxygens (including phenoxy) is 6. The molecule has 0 unspecified atom stereocenters. The molecule has 2 aromatic carbocycles. The lowest BCUT2D eigenvalue weighted by molar-refractivity contribution is 0.171. The monoisotopic (exact) mass is 347 g/mol. The highest BCUT2D eigenvalue weighted by Gasteiger charge is 2.18. The normalized spacial score (nSPS) is 12.3. The van der Waals surface area contributed by atoms with Crippen molar-refractivity contribution in [2.24, 2.45) is 0 Å². The van der Waals surface area contributed by atoms with Gasteiger partial charge in [-0.15, -0.1) is 0 Å². The van der Waals surface area contributed by atoms with Crippen LogP contribution in [-0.2, 0) is 0 Å². The smallest absolute Gasteiger partial charge is 0.203 e. The van der Waals surface area contributed by atoms with E-state index in [2.05, 4.69) is 5.32 Å². The average Bonchev–Trinajstić information content (AvgIpc) is 2.66. The number of hydrogen-bond acceptors (Lipinski definition) is 7. The zero-order valence-electron chi connectivity index (χ0n) is 14.7. The average molecular weight is 347 g/mol. The van der Waals surface area contributed by atoms with E-state index in [1.807, 2.05) is 18.2 Å². The Balaban J connectivity index is 1.99. The minimum Gasteiger partial charge on any atom is -0.494 e. The van der Waals surface area contributed by atoms with Gasteiger partial charge in [0.15, 0.2) is 23.0 Å². The highest BCUT2D eigenvalue weighted by Crippen LogP contribution is 2.44. The predicted octanol–water partition coefficient (Wildman–Crippen LogP) is 3.24. The highest BCUT2D eigenvalue weighted by atomic mass is 16.6. The molecule has 1 N–H and O–H groups in total. The van der Waals surface area contributed by atoms with Gasteiger partial charge in [-0.2, -0.15) is 0 Å². The van der Waals surface area contributed by atoms with E-state index >= 15 is 0 Å². The molecule has 0 saturated heterocycles. The Kier molecular flexibility index (Phi) is 4.92. The van der Waals surface area contributed by atoms with Crippen LogP contribution in [-0.4, -0.2) is 41.7 Å². The first-order valence-electron chi connectivity index (χ1n) is 7.74. The summed E-state index contributed by atoms with van der Waals surface area (Å²) < 4.78 is 32.8. The molecule has 7 heteroatoms. The summed E-state index contributed by atoms with van der Waals surface area (Å²) in [5.41, 5.74) is 1.49. The van der Waals surface area contributed by atoms with E-state index < -0.39 is 0 Å². The molecule has 0 saturated carbocycles. The summed E-state index contributed by atoms with van der Waals surface area (Å²) >= 11 is 0. The maximum Gasteiger partial charge on any atom is 0.203 e. The molecule has 0 bridgehead atoms. The first-order valence-corrected chi connectivity index (χ1v) is 7.74. The number of anilines is 2. The number of nitrogens with one attached hydrogen (secondary N) is 1. The van der Waals surface area contributed by atoms with Crippen LogP contribution in [0.4, 0.5) is 11.4 Å². The van der Waals surface area contributed by atoms with Crippen LogP contribution in [0.2, 0.25) is 0 Å². The van der Waals surface area contributed by atoms with Gasteiger partial charge in [-0.1, -0.05) is 0 Å². The fourth-order valence-corrected chi connectivity index (χ4v) is 2.65. The highest BCUT2D eigenvalue weighted by molar-refractivity contribution is 5.74. The zero-order chi connectivity index (χ0) is 17.8. The lowest BCUT2D eigenvalue weighted by Crippen LogP contribution is -2.15. The summed E-state index contributed by atoms with van der Waals surface area (Å²) in [6.45, 7) is 1.04. The molecular weight excluding hydrogens is 326 g/mol. The second-order valence-corrected chi connectivity index (χ2v) is 5.24. The fourth-order valence-electron chi connectivity index (χ4n) is 2.65. The van der Waals surface area contributed by atoms with E-state index in [1.54, 1.807) is 34.5 Å². The molecule has 3 rings (SSSR count). The molecule has 1 heterocycles. The van der Waals surface area contributed by atoms with Crippen LogP contribution in [0.15, 0.2) is 24.3 Å². The van der Waals surface area contributed by atoms with Crippen LogP contribution in [0.5, 0.6) is 34.5 Å². The molecule has 1 aliphatic heterocycles. The molecule has 0 radical (unpaired) electrons. The molecular formula is C18H21NO6. The van der Waals surface area contributed by atoms with Gasteiger partial charge in [-0.05, 0) is 0 Å². The Labute approximate surface area is 146 Å². The molecule has 7 nitrogen and oxygen atoms in total. The van der Waals surface area contributed by atoms with Crippen molar-refractivity contribution in [1.29, 1.82) is 0 Å². The maximum atomic E-state index is 5.64. The van der Waals surface area contributed by atoms with Crippen LogP contribution >= 0.6 is 0 Å².